The predicted octanol–water partition coefficient (Wildman–Crippen LogP) is 1.90. The Morgan fingerprint density at radius 2 is 2.20 bits per heavy atom. The first kappa shape index (κ1) is 7.11. The molecular weight excluding hydrogens is 190 g/mol. The monoisotopic (exact) mass is 203 g/mol. The van der Waals surface area contributed by atoms with E-state index in [1.807, 2.05) is 0 Å². The maximum Gasteiger partial charge on any atom is 0.0354 e. The largest absolute Gasteiger partial charge is 0.324 e. The van der Waals surface area contributed by atoms with E-state index < -0.39 is 0 Å². The summed E-state index contributed by atoms with van der Waals surface area (Å²) in [7, 11) is 0. The van der Waals surface area contributed by atoms with Crippen molar-refractivity contribution in [3.8, 4) is 0 Å². The average Bonchev–Trinajstić information content (AvgIpc) is 2.37. The molecule has 2 fully saturated rings. The molecule has 4 unspecified atom stereocenters. The SMILES string of the molecule is CC1(N)C2CCC(C2)C1Br. The molecule has 2 bridgehead atoms. The molecule has 2 aliphatic rings. The Labute approximate surface area is 70.5 Å². The van der Waals surface area contributed by atoms with E-state index in [2.05, 4.69) is 22.9 Å². The van der Waals surface area contributed by atoms with E-state index in [1.54, 1.807) is 0 Å². The van der Waals surface area contributed by atoms with Crippen molar-refractivity contribution >= 4 is 15.9 Å². The van der Waals surface area contributed by atoms with Crippen LogP contribution in [0, 0.1) is 11.8 Å². The van der Waals surface area contributed by atoms with Crippen LogP contribution in [-0.4, -0.2) is 10.4 Å². The summed E-state index contributed by atoms with van der Waals surface area (Å²) in [6, 6.07) is 0. The Kier molecular flexibility index (Phi) is 1.41. The fraction of sp³-hybridized carbons (Fsp3) is 1.00. The van der Waals surface area contributed by atoms with E-state index in [0.29, 0.717) is 4.83 Å². The van der Waals surface area contributed by atoms with E-state index in [9.17, 15) is 0 Å². The Hall–Kier alpha value is 0.440. The Morgan fingerprint density at radius 1 is 1.50 bits per heavy atom. The van der Waals surface area contributed by atoms with Gasteiger partial charge in [-0.1, -0.05) is 15.9 Å². The van der Waals surface area contributed by atoms with Crippen molar-refractivity contribution < 1.29 is 0 Å². The van der Waals surface area contributed by atoms with Crippen molar-refractivity contribution in [3.05, 3.63) is 0 Å². The number of rotatable bonds is 0. The number of nitrogens with two attached hydrogens (primary N) is 1. The highest BCUT2D eigenvalue weighted by Gasteiger charge is 2.52. The minimum Gasteiger partial charge on any atom is -0.324 e. The fourth-order valence-corrected chi connectivity index (χ4v) is 3.43. The second-order valence-electron chi connectivity index (χ2n) is 4.04. The van der Waals surface area contributed by atoms with Crippen LogP contribution in [0.15, 0.2) is 0 Å². The third kappa shape index (κ3) is 0.722. The quantitative estimate of drug-likeness (QED) is 0.599. The molecule has 1 nitrogen and oxygen atoms in total. The number of hydrogen-bond donors (Lipinski definition) is 1. The lowest BCUT2D eigenvalue weighted by molar-refractivity contribution is 0.310. The summed E-state index contributed by atoms with van der Waals surface area (Å²) >= 11 is 3.69. The number of hydrogen-bond acceptors (Lipinski definition) is 1. The molecule has 2 aliphatic carbocycles. The van der Waals surface area contributed by atoms with Gasteiger partial charge in [-0.2, -0.15) is 0 Å². The van der Waals surface area contributed by atoms with Crippen LogP contribution in [0.1, 0.15) is 26.2 Å². The van der Waals surface area contributed by atoms with Gasteiger partial charge in [-0.25, -0.2) is 0 Å². The van der Waals surface area contributed by atoms with Crippen LogP contribution in [0.25, 0.3) is 0 Å². The minimum absolute atomic E-state index is 0.0862. The molecule has 4 atom stereocenters. The van der Waals surface area contributed by atoms with Crippen LogP contribution >= 0.6 is 15.9 Å². The van der Waals surface area contributed by atoms with Gasteiger partial charge in [-0.15, -0.1) is 0 Å². The first-order chi connectivity index (χ1) is 4.62. The molecule has 2 heteroatoms. The molecule has 0 radical (unpaired) electrons. The van der Waals surface area contributed by atoms with Crippen LogP contribution in [-0.2, 0) is 0 Å². The lowest BCUT2D eigenvalue weighted by Gasteiger charge is -2.34. The molecule has 0 aromatic heterocycles. The summed E-state index contributed by atoms with van der Waals surface area (Å²) in [5.41, 5.74) is 6.25. The highest BCUT2D eigenvalue weighted by Crippen LogP contribution is 2.52. The second kappa shape index (κ2) is 1.98. The molecule has 2 rings (SSSR count). The molecule has 2 N–H and O–H groups in total. The lowest BCUT2D eigenvalue weighted by Crippen LogP contribution is -2.49. The zero-order valence-corrected chi connectivity index (χ0v) is 7.89. The zero-order valence-electron chi connectivity index (χ0n) is 6.31. The number of alkyl halides is 1. The van der Waals surface area contributed by atoms with E-state index in [-0.39, 0.29) is 5.54 Å². The van der Waals surface area contributed by atoms with Gasteiger partial charge in [0.15, 0.2) is 0 Å². The summed E-state index contributed by atoms with van der Waals surface area (Å²) in [4.78, 5) is 0.582. The molecule has 0 aromatic rings. The molecule has 0 spiro atoms. The van der Waals surface area contributed by atoms with Gasteiger partial charge in [0, 0.05) is 10.4 Å². The third-order valence-electron chi connectivity index (χ3n) is 3.36. The Morgan fingerprint density at radius 3 is 2.50 bits per heavy atom. The highest BCUT2D eigenvalue weighted by molar-refractivity contribution is 9.09. The Balaban J connectivity index is 2.25. The van der Waals surface area contributed by atoms with Gasteiger partial charge in [0.1, 0.15) is 0 Å². The third-order valence-corrected chi connectivity index (χ3v) is 5.10. The molecule has 0 aromatic carbocycles. The van der Waals surface area contributed by atoms with Gasteiger partial charge < -0.3 is 5.73 Å². The maximum absolute atomic E-state index is 6.16. The summed E-state index contributed by atoms with van der Waals surface area (Å²) in [5.74, 6) is 1.67. The molecule has 2 saturated carbocycles. The van der Waals surface area contributed by atoms with Crippen LogP contribution in [0.5, 0.6) is 0 Å². The summed E-state index contributed by atoms with van der Waals surface area (Å²) in [6.07, 6.45) is 4.12. The molecule has 0 amide bonds. The van der Waals surface area contributed by atoms with E-state index in [0.717, 1.165) is 11.8 Å². The summed E-state index contributed by atoms with van der Waals surface area (Å²) < 4.78 is 0. The number of fused-ring (bicyclic) bond motifs is 2. The van der Waals surface area contributed by atoms with Crippen molar-refractivity contribution in [2.75, 3.05) is 0 Å². The standard InChI is InChI=1S/C8H14BrN/c1-8(10)6-3-2-5(4-6)7(8)9/h5-7H,2-4,10H2,1H3. The maximum atomic E-state index is 6.16. The van der Waals surface area contributed by atoms with Gasteiger partial charge in [-0.05, 0) is 38.0 Å². The van der Waals surface area contributed by atoms with E-state index in [4.69, 9.17) is 5.73 Å². The smallest absolute Gasteiger partial charge is 0.0354 e. The van der Waals surface area contributed by atoms with Gasteiger partial charge in [0.05, 0.1) is 0 Å². The summed E-state index contributed by atoms with van der Waals surface area (Å²) in [6.45, 7) is 2.19. The van der Waals surface area contributed by atoms with Crippen molar-refractivity contribution in [2.45, 2.75) is 36.6 Å². The zero-order chi connectivity index (χ0) is 7.35. The normalized spacial score (nSPS) is 59.7. The number of halogens is 1. The topological polar surface area (TPSA) is 26.0 Å². The van der Waals surface area contributed by atoms with E-state index in [1.165, 1.54) is 19.3 Å². The molecule has 0 aliphatic heterocycles. The fourth-order valence-electron chi connectivity index (χ4n) is 2.58. The first-order valence-corrected chi connectivity index (χ1v) is 4.97. The van der Waals surface area contributed by atoms with Gasteiger partial charge >= 0.3 is 0 Å². The Bertz CT molecular complexity index is 151. The van der Waals surface area contributed by atoms with Crippen LogP contribution in [0.2, 0.25) is 0 Å². The van der Waals surface area contributed by atoms with Crippen LogP contribution in [0.3, 0.4) is 0 Å². The van der Waals surface area contributed by atoms with Crippen molar-refractivity contribution in [1.82, 2.24) is 0 Å². The van der Waals surface area contributed by atoms with Gasteiger partial charge in [-0.3, -0.25) is 0 Å². The lowest BCUT2D eigenvalue weighted by atomic mass is 9.84. The van der Waals surface area contributed by atoms with Crippen molar-refractivity contribution in [1.29, 1.82) is 0 Å². The second-order valence-corrected chi connectivity index (χ2v) is 5.02. The highest BCUT2D eigenvalue weighted by atomic mass is 79.9. The van der Waals surface area contributed by atoms with Gasteiger partial charge in [0.25, 0.3) is 0 Å². The van der Waals surface area contributed by atoms with Crippen LogP contribution in [0.4, 0.5) is 0 Å². The van der Waals surface area contributed by atoms with E-state index >= 15 is 0 Å². The molecule has 0 saturated heterocycles. The summed E-state index contributed by atoms with van der Waals surface area (Å²) in [5, 5.41) is 0. The van der Waals surface area contributed by atoms with Gasteiger partial charge in [0.2, 0.25) is 0 Å². The predicted molar refractivity (Wildman–Crippen MR) is 46.1 cm³/mol. The molecule has 0 heterocycles. The molecule has 10 heavy (non-hydrogen) atoms. The van der Waals surface area contributed by atoms with Crippen molar-refractivity contribution in [2.24, 2.45) is 17.6 Å². The van der Waals surface area contributed by atoms with Crippen LogP contribution < -0.4 is 5.73 Å². The molecular formula is C8H14BrN. The minimum atomic E-state index is 0.0862. The van der Waals surface area contributed by atoms with Crippen molar-refractivity contribution in [3.63, 3.8) is 0 Å². The average molecular weight is 204 g/mol. The first-order valence-electron chi connectivity index (χ1n) is 4.05. The molecule has 58 valence electrons.